The topological polar surface area (TPSA) is 51.1 Å². The van der Waals surface area contributed by atoms with Gasteiger partial charge >= 0.3 is 0 Å². The largest absolute Gasteiger partial charge is 0.493 e. The van der Waals surface area contributed by atoms with Crippen LogP contribution in [-0.4, -0.2) is 23.1 Å². The van der Waals surface area contributed by atoms with Crippen molar-refractivity contribution in [3.8, 4) is 11.5 Å². The third kappa shape index (κ3) is 6.12. The van der Waals surface area contributed by atoms with Crippen LogP contribution in [0.25, 0.3) is 6.08 Å². The van der Waals surface area contributed by atoms with Gasteiger partial charge in [0.1, 0.15) is 12.4 Å². The molecule has 190 valence electrons. The molecule has 0 N–H and O–H groups in total. The highest BCUT2D eigenvalue weighted by atomic mass is 32.2. The lowest BCUT2D eigenvalue weighted by Crippen LogP contribution is -2.28. The van der Waals surface area contributed by atoms with Crippen LogP contribution >= 0.6 is 11.8 Å². The maximum absolute atomic E-state index is 13.5. The zero-order valence-electron chi connectivity index (χ0n) is 20.7. The average Bonchev–Trinajstić information content (AvgIpc) is 3.23. The first-order valence-corrected chi connectivity index (χ1v) is 12.8. The van der Waals surface area contributed by atoms with E-state index in [0.717, 1.165) is 22.4 Å². The molecule has 1 aliphatic heterocycles. The van der Waals surface area contributed by atoms with Crippen molar-refractivity contribution < 1.29 is 18.7 Å². The van der Waals surface area contributed by atoms with E-state index in [0.29, 0.717) is 28.1 Å². The third-order valence-electron chi connectivity index (χ3n) is 5.85. The van der Waals surface area contributed by atoms with Crippen molar-refractivity contribution >= 4 is 34.6 Å². The summed E-state index contributed by atoms with van der Waals surface area (Å²) >= 11 is 1.35. The molecule has 0 atom stereocenters. The van der Waals surface area contributed by atoms with Gasteiger partial charge in [-0.2, -0.15) is 0 Å². The monoisotopic (exact) mass is 524 g/mol. The number of hydrogen-bond donors (Lipinski definition) is 0. The number of ether oxygens (including phenoxy) is 2. The number of carbonyl (C=O) groups excluding carboxylic acids is 1. The third-order valence-corrected chi connectivity index (χ3v) is 6.85. The lowest BCUT2D eigenvalue weighted by molar-refractivity contribution is -0.122. The zero-order chi connectivity index (χ0) is 26.3. The molecule has 0 aliphatic carbocycles. The number of carbonyl (C=O) groups is 1. The van der Waals surface area contributed by atoms with E-state index in [1.807, 2.05) is 78.9 Å². The molecule has 5 rings (SSSR count). The summed E-state index contributed by atoms with van der Waals surface area (Å²) in [6.07, 6.45) is 1.84. The molecule has 0 spiro atoms. The lowest BCUT2D eigenvalue weighted by Gasteiger charge is -2.15. The van der Waals surface area contributed by atoms with Gasteiger partial charge in [0.25, 0.3) is 5.91 Å². The van der Waals surface area contributed by atoms with Gasteiger partial charge in [0.15, 0.2) is 16.7 Å². The van der Waals surface area contributed by atoms with Crippen molar-refractivity contribution in [2.75, 3.05) is 7.11 Å². The molecule has 0 aromatic heterocycles. The quantitative estimate of drug-likeness (QED) is 0.228. The highest BCUT2D eigenvalue weighted by Gasteiger charge is 2.33. The first kappa shape index (κ1) is 25.3. The summed E-state index contributed by atoms with van der Waals surface area (Å²) < 4.78 is 24.6. The first-order valence-electron chi connectivity index (χ1n) is 12.0. The summed E-state index contributed by atoms with van der Waals surface area (Å²) in [4.78, 5) is 20.5. The van der Waals surface area contributed by atoms with Crippen LogP contribution in [0.2, 0.25) is 0 Å². The molecule has 0 saturated carbocycles. The molecule has 0 bridgehead atoms. The Labute approximate surface area is 225 Å². The van der Waals surface area contributed by atoms with Crippen molar-refractivity contribution in [3.05, 3.63) is 131 Å². The minimum Gasteiger partial charge on any atom is -0.493 e. The van der Waals surface area contributed by atoms with Gasteiger partial charge in [0, 0.05) is 0 Å². The van der Waals surface area contributed by atoms with Crippen LogP contribution in [0.4, 0.5) is 10.1 Å². The Morgan fingerprint density at radius 1 is 0.868 bits per heavy atom. The van der Waals surface area contributed by atoms with Crippen molar-refractivity contribution in [2.24, 2.45) is 4.99 Å². The number of para-hydroxylation sites is 1. The minimum absolute atomic E-state index is 0.107. The molecule has 4 aromatic carbocycles. The van der Waals surface area contributed by atoms with E-state index >= 15 is 0 Å². The zero-order valence-corrected chi connectivity index (χ0v) is 21.5. The van der Waals surface area contributed by atoms with Crippen LogP contribution < -0.4 is 9.47 Å². The molecule has 5 nitrogen and oxygen atoms in total. The molecule has 1 amide bonds. The van der Waals surface area contributed by atoms with Crippen LogP contribution in [0.5, 0.6) is 11.5 Å². The highest BCUT2D eigenvalue weighted by molar-refractivity contribution is 8.18. The average molecular weight is 525 g/mol. The maximum Gasteiger partial charge on any atom is 0.267 e. The van der Waals surface area contributed by atoms with E-state index in [9.17, 15) is 9.18 Å². The molecule has 7 heteroatoms. The normalized spacial score (nSPS) is 15.3. The highest BCUT2D eigenvalue weighted by Crippen LogP contribution is 2.36. The summed E-state index contributed by atoms with van der Waals surface area (Å²) in [5.74, 6) is 0.698. The number of hydrogen-bond acceptors (Lipinski definition) is 5. The van der Waals surface area contributed by atoms with Crippen molar-refractivity contribution in [1.29, 1.82) is 0 Å². The number of halogens is 1. The standard InChI is InChI=1S/C31H25FN2O3S/c1-36-28-18-24(14-17-27(28)37-21-23-12-15-25(32)16-13-23)19-29-30(35)34(20-22-8-4-2-5-9-22)31(38-29)33-26-10-6-3-7-11-26/h2-19H,20-21H2,1H3/b29-19-,33-31?. The summed E-state index contributed by atoms with van der Waals surface area (Å²) in [6.45, 7) is 0.703. The molecule has 38 heavy (non-hydrogen) atoms. The van der Waals surface area contributed by atoms with Gasteiger partial charge in [-0.3, -0.25) is 9.69 Å². The molecule has 1 heterocycles. The van der Waals surface area contributed by atoms with Crippen molar-refractivity contribution in [1.82, 2.24) is 4.90 Å². The predicted octanol–water partition coefficient (Wildman–Crippen LogP) is 7.22. The maximum atomic E-state index is 13.5. The van der Waals surface area contributed by atoms with Gasteiger partial charge in [0.2, 0.25) is 0 Å². The summed E-state index contributed by atoms with van der Waals surface area (Å²) in [5, 5.41) is 0.627. The number of nitrogens with zero attached hydrogens (tertiary/aromatic N) is 2. The van der Waals surface area contributed by atoms with Gasteiger partial charge in [-0.05, 0) is 70.9 Å². The van der Waals surface area contributed by atoms with Gasteiger partial charge in [-0.1, -0.05) is 66.7 Å². The molecule has 1 saturated heterocycles. The number of rotatable bonds is 8. The lowest BCUT2D eigenvalue weighted by atomic mass is 10.1. The summed E-state index contributed by atoms with van der Waals surface area (Å²) in [6, 6.07) is 31.1. The van der Waals surface area contributed by atoms with E-state index in [4.69, 9.17) is 14.5 Å². The van der Waals surface area contributed by atoms with Crippen LogP contribution in [0.3, 0.4) is 0 Å². The predicted molar refractivity (Wildman–Crippen MR) is 150 cm³/mol. The van der Waals surface area contributed by atoms with E-state index < -0.39 is 0 Å². The molecule has 4 aromatic rings. The second kappa shape index (κ2) is 11.8. The molecule has 0 unspecified atom stereocenters. The van der Waals surface area contributed by atoms with Crippen molar-refractivity contribution in [3.63, 3.8) is 0 Å². The van der Waals surface area contributed by atoms with Crippen LogP contribution in [0, 0.1) is 5.82 Å². The smallest absolute Gasteiger partial charge is 0.267 e. The SMILES string of the molecule is COc1cc(/C=C2\SC(=Nc3ccccc3)N(Cc3ccccc3)C2=O)ccc1OCc1ccc(F)cc1. The molecule has 1 fully saturated rings. The van der Waals surface area contributed by atoms with E-state index in [-0.39, 0.29) is 18.3 Å². The Bertz CT molecular complexity index is 1470. The van der Waals surface area contributed by atoms with E-state index in [1.54, 1.807) is 30.2 Å². The fourth-order valence-corrected chi connectivity index (χ4v) is 4.89. The van der Waals surface area contributed by atoms with E-state index in [1.165, 1.54) is 23.9 Å². The van der Waals surface area contributed by atoms with Crippen LogP contribution in [0.1, 0.15) is 16.7 Å². The number of amidine groups is 1. The second-order valence-corrected chi connectivity index (χ2v) is 9.55. The molecular weight excluding hydrogens is 499 g/mol. The van der Waals surface area contributed by atoms with Gasteiger partial charge < -0.3 is 9.47 Å². The Kier molecular flexibility index (Phi) is 7.85. The second-order valence-electron chi connectivity index (χ2n) is 8.54. The number of aliphatic imine (C=N–C) groups is 1. The number of benzene rings is 4. The van der Waals surface area contributed by atoms with Gasteiger partial charge in [-0.15, -0.1) is 0 Å². The van der Waals surface area contributed by atoms with Gasteiger partial charge in [-0.25, -0.2) is 9.38 Å². The molecular formula is C31H25FN2O3S. The molecule has 0 radical (unpaired) electrons. The Hall–Kier alpha value is -4.36. The minimum atomic E-state index is -0.289. The Balaban J connectivity index is 1.39. The number of amides is 1. The molecule has 1 aliphatic rings. The van der Waals surface area contributed by atoms with E-state index in [2.05, 4.69) is 0 Å². The number of methoxy groups -OCH3 is 1. The first-order chi connectivity index (χ1) is 18.6. The van der Waals surface area contributed by atoms with Crippen LogP contribution in [0.15, 0.2) is 113 Å². The van der Waals surface area contributed by atoms with Crippen molar-refractivity contribution in [2.45, 2.75) is 13.2 Å². The Morgan fingerprint density at radius 3 is 2.29 bits per heavy atom. The summed E-state index contributed by atoms with van der Waals surface area (Å²) in [7, 11) is 1.57. The van der Waals surface area contributed by atoms with Crippen LogP contribution in [-0.2, 0) is 17.9 Å². The number of thioether (sulfide) groups is 1. The fourth-order valence-electron chi connectivity index (χ4n) is 3.90. The Morgan fingerprint density at radius 2 is 1.58 bits per heavy atom. The van der Waals surface area contributed by atoms with Gasteiger partial charge in [0.05, 0.1) is 24.2 Å². The fraction of sp³-hybridized carbons (Fsp3) is 0.0968. The summed E-state index contributed by atoms with van der Waals surface area (Å²) in [5.41, 5.74) is 3.45.